The maximum atomic E-state index is 13.0. The fourth-order valence-electron chi connectivity index (χ4n) is 4.02. The van der Waals surface area contributed by atoms with Crippen molar-refractivity contribution in [1.29, 1.82) is 0 Å². The van der Waals surface area contributed by atoms with E-state index in [9.17, 15) is 9.18 Å². The van der Waals surface area contributed by atoms with E-state index in [4.69, 9.17) is 0 Å². The van der Waals surface area contributed by atoms with Crippen LogP contribution in [0.15, 0.2) is 24.3 Å². The molecule has 23 heavy (non-hydrogen) atoms. The van der Waals surface area contributed by atoms with Crippen LogP contribution in [-0.4, -0.2) is 25.5 Å². The number of amides is 1. The van der Waals surface area contributed by atoms with Gasteiger partial charge >= 0.3 is 0 Å². The largest absolute Gasteiger partial charge is 0.355 e. The molecule has 1 saturated heterocycles. The number of fused-ring (bicyclic) bond motifs is 1. The first-order valence-electron chi connectivity index (χ1n) is 8.36. The molecule has 2 aliphatic rings. The van der Waals surface area contributed by atoms with Crippen molar-refractivity contribution in [2.75, 3.05) is 19.6 Å². The Bertz CT molecular complexity index is 536. The van der Waals surface area contributed by atoms with Gasteiger partial charge in [-0.05, 0) is 48.9 Å². The highest BCUT2D eigenvalue weighted by Crippen LogP contribution is 2.43. The van der Waals surface area contributed by atoms with Crippen LogP contribution in [0.25, 0.3) is 0 Å². The maximum Gasteiger partial charge on any atom is 0.227 e. The Balaban J connectivity index is 0.00000192. The van der Waals surface area contributed by atoms with Gasteiger partial charge in [-0.2, -0.15) is 0 Å². The highest BCUT2D eigenvalue weighted by atomic mass is 35.5. The molecule has 0 bridgehead atoms. The molecule has 128 valence electrons. The molecule has 1 heterocycles. The van der Waals surface area contributed by atoms with E-state index in [0.29, 0.717) is 12.5 Å². The first-order chi connectivity index (χ1) is 10.6. The molecule has 1 aliphatic heterocycles. The van der Waals surface area contributed by atoms with Gasteiger partial charge in [-0.25, -0.2) is 4.39 Å². The van der Waals surface area contributed by atoms with Gasteiger partial charge in [-0.3, -0.25) is 4.79 Å². The summed E-state index contributed by atoms with van der Waals surface area (Å²) in [5.74, 6) is 0.664. The van der Waals surface area contributed by atoms with E-state index >= 15 is 0 Å². The van der Waals surface area contributed by atoms with E-state index in [1.165, 1.54) is 18.6 Å². The lowest BCUT2D eigenvalue weighted by Crippen LogP contribution is -2.48. The summed E-state index contributed by atoms with van der Waals surface area (Å²) in [7, 11) is 0. The van der Waals surface area contributed by atoms with Crippen molar-refractivity contribution in [1.82, 2.24) is 10.6 Å². The SMILES string of the molecule is CC(CNC(=O)[C@@]12CCCC[C@H]1CNC2)c1ccc(F)cc1.Cl. The number of rotatable bonds is 4. The predicted molar refractivity (Wildman–Crippen MR) is 92.3 cm³/mol. The number of carbonyl (C=O) groups is 1. The van der Waals surface area contributed by atoms with Crippen LogP contribution >= 0.6 is 12.4 Å². The summed E-state index contributed by atoms with van der Waals surface area (Å²) in [6.07, 6.45) is 4.56. The highest BCUT2D eigenvalue weighted by molar-refractivity contribution is 5.85. The molecular formula is C18H26ClFN2O. The van der Waals surface area contributed by atoms with Gasteiger partial charge in [0.15, 0.2) is 0 Å². The van der Waals surface area contributed by atoms with Gasteiger partial charge < -0.3 is 10.6 Å². The Hall–Kier alpha value is -1.13. The molecule has 1 saturated carbocycles. The number of hydrogen-bond acceptors (Lipinski definition) is 2. The smallest absolute Gasteiger partial charge is 0.227 e. The van der Waals surface area contributed by atoms with E-state index in [1.54, 1.807) is 12.1 Å². The first kappa shape index (κ1) is 18.2. The summed E-state index contributed by atoms with van der Waals surface area (Å²) in [5, 5.41) is 6.56. The Kier molecular flexibility index (Phi) is 6.04. The number of halogens is 2. The topological polar surface area (TPSA) is 41.1 Å². The monoisotopic (exact) mass is 340 g/mol. The molecule has 1 unspecified atom stereocenters. The second-order valence-electron chi connectivity index (χ2n) is 6.89. The van der Waals surface area contributed by atoms with Gasteiger partial charge in [0.2, 0.25) is 5.91 Å². The number of carbonyl (C=O) groups excluding carboxylic acids is 1. The Morgan fingerprint density at radius 3 is 2.87 bits per heavy atom. The van der Waals surface area contributed by atoms with Crippen LogP contribution in [0.1, 0.15) is 44.1 Å². The van der Waals surface area contributed by atoms with E-state index < -0.39 is 0 Å². The van der Waals surface area contributed by atoms with Crippen LogP contribution in [0.5, 0.6) is 0 Å². The summed E-state index contributed by atoms with van der Waals surface area (Å²) in [6.45, 7) is 4.46. The van der Waals surface area contributed by atoms with Crippen molar-refractivity contribution in [3.05, 3.63) is 35.6 Å². The molecule has 1 amide bonds. The summed E-state index contributed by atoms with van der Waals surface area (Å²) in [5.41, 5.74) is 0.866. The van der Waals surface area contributed by atoms with Crippen molar-refractivity contribution in [3.63, 3.8) is 0 Å². The van der Waals surface area contributed by atoms with E-state index in [-0.39, 0.29) is 35.5 Å². The third-order valence-electron chi connectivity index (χ3n) is 5.50. The fraction of sp³-hybridized carbons (Fsp3) is 0.611. The zero-order valence-electron chi connectivity index (χ0n) is 13.6. The maximum absolute atomic E-state index is 13.0. The van der Waals surface area contributed by atoms with Crippen LogP contribution in [0, 0.1) is 17.2 Å². The minimum atomic E-state index is -0.221. The van der Waals surface area contributed by atoms with Crippen LogP contribution in [0.3, 0.4) is 0 Å². The van der Waals surface area contributed by atoms with E-state index in [0.717, 1.165) is 37.9 Å². The molecule has 0 aromatic heterocycles. The average molecular weight is 341 g/mol. The normalized spacial score (nSPS) is 27.7. The predicted octanol–water partition coefficient (Wildman–Crippen LogP) is 3.25. The van der Waals surface area contributed by atoms with Gasteiger partial charge in [0.1, 0.15) is 5.82 Å². The van der Waals surface area contributed by atoms with Crippen molar-refractivity contribution in [2.45, 2.75) is 38.5 Å². The van der Waals surface area contributed by atoms with Gasteiger partial charge in [0.05, 0.1) is 5.41 Å². The van der Waals surface area contributed by atoms with Crippen LogP contribution < -0.4 is 10.6 Å². The van der Waals surface area contributed by atoms with Gasteiger partial charge in [0.25, 0.3) is 0 Å². The second kappa shape index (κ2) is 7.63. The molecule has 3 atom stereocenters. The van der Waals surface area contributed by atoms with Crippen molar-refractivity contribution in [2.24, 2.45) is 11.3 Å². The summed E-state index contributed by atoms with van der Waals surface area (Å²) in [4.78, 5) is 12.8. The van der Waals surface area contributed by atoms with E-state index in [2.05, 4.69) is 17.6 Å². The van der Waals surface area contributed by atoms with Crippen LogP contribution in [0.2, 0.25) is 0 Å². The first-order valence-corrected chi connectivity index (χ1v) is 8.36. The summed E-state index contributed by atoms with van der Waals surface area (Å²) >= 11 is 0. The third-order valence-corrected chi connectivity index (χ3v) is 5.50. The molecule has 1 aromatic carbocycles. The molecule has 2 fully saturated rings. The molecule has 5 heteroatoms. The molecule has 2 N–H and O–H groups in total. The van der Waals surface area contributed by atoms with Gasteiger partial charge in [-0.15, -0.1) is 12.4 Å². The lowest BCUT2D eigenvalue weighted by atomic mass is 9.67. The summed E-state index contributed by atoms with van der Waals surface area (Å²) in [6, 6.07) is 6.55. The molecule has 3 rings (SSSR count). The lowest BCUT2D eigenvalue weighted by molar-refractivity contribution is -0.134. The average Bonchev–Trinajstić information content (AvgIpc) is 2.98. The molecule has 3 nitrogen and oxygen atoms in total. The molecule has 1 aromatic rings. The lowest BCUT2D eigenvalue weighted by Gasteiger charge is -2.37. The fourth-order valence-corrected chi connectivity index (χ4v) is 4.02. The standard InChI is InChI=1S/C18H25FN2O.ClH/c1-13(14-5-7-16(19)8-6-14)10-21-17(22)18-9-3-2-4-15(18)11-20-12-18;/h5-8,13,15,20H,2-4,9-12H2,1H3,(H,21,22);1H/t13?,15-,18+;/m0./s1. The number of nitrogens with one attached hydrogen (secondary N) is 2. The minimum absolute atomic E-state index is 0. The van der Waals surface area contributed by atoms with E-state index in [1.807, 2.05) is 0 Å². The van der Waals surface area contributed by atoms with Crippen molar-refractivity contribution >= 4 is 18.3 Å². The Morgan fingerprint density at radius 1 is 1.39 bits per heavy atom. The Labute approximate surface area is 143 Å². The zero-order valence-corrected chi connectivity index (χ0v) is 14.4. The molecular weight excluding hydrogens is 315 g/mol. The Morgan fingerprint density at radius 2 is 2.13 bits per heavy atom. The highest BCUT2D eigenvalue weighted by Gasteiger charge is 2.49. The number of hydrogen-bond donors (Lipinski definition) is 2. The number of benzene rings is 1. The molecule has 0 spiro atoms. The van der Waals surface area contributed by atoms with Gasteiger partial charge in [0, 0.05) is 13.1 Å². The third kappa shape index (κ3) is 3.69. The minimum Gasteiger partial charge on any atom is -0.355 e. The second-order valence-corrected chi connectivity index (χ2v) is 6.89. The zero-order chi connectivity index (χ0) is 15.6. The summed E-state index contributed by atoms with van der Waals surface area (Å²) < 4.78 is 13.0. The van der Waals surface area contributed by atoms with Crippen molar-refractivity contribution < 1.29 is 9.18 Å². The molecule has 1 aliphatic carbocycles. The van der Waals surface area contributed by atoms with Gasteiger partial charge in [-0.1, -0.05) is 31.9 Å². The van der Waals surface area contributed by atoms with Crippen molar-refractivity contribution in [3.8, 4) is 0 Å². The van der Waals surface area contributed by atoms with Crippen LogP contribution in [0.4, 0.5) is 4.39 Å². The molecule has 0 radical (unpaired) electrons. The quantitative estimate of drug-likeness (QED) is 0.883. The van der Waals surface area contributed by atoms with Crippen LogP contribution in [-0.2, 0) is 4.79 Å².